The van der Waals surface area contributed by atoms with Gasteiger partial charge >= 0.3 is 0 Å². The Hall–Kier alpha value is -5.09. The minimum atomic E-state index is -0.656. The van der Waals surface area contributed by atoms with E-state index in [0.717, 1.165) is 32.0 Å². The monoisotopic (exact) mass is 665 g/mol. The highest BCUT2D eigenvalue weighted by Gasteiger charge is 2.27. The number of benzene rings is 3. The number of carbonyl (C=O) groups excluding carboxylic acids is 1. The number of piperidine rings is 1. The predicted octanol–water partition coefficient (Wildman–Crippen LogP) is 7.32. The van der Waals surface area contributed by atoms with E-state index in [1.165, 1.54) is 53.8 Å². The van der Waals surface area contributed by atoms with Crippen molar-refractivity contribution in [2.24, 2.45) is 5.92 Å². The van der Waals surface area contributed by atoms with E-state index in [9.17, 15) is 14.0 Å². The molecule has 2 aliphatic rings. The molecule has 49 heavy (non-hydrogen) atoms. The van der Waals surface area contributed by atoms with Gasteiger partial charge in [-0.25, -0.2) is 8.78 Å². The minimum Gasteiger partial charge on any atom is -0.493 e. The Labute approximate surface area is 282 Å². The van der Waals surface area contributed by atoms with Gasteiger partial charge in [-0.1, -0.05) is 13.0 Å². The zero-order chi connectivity index (χ0) is 33.9. The van der Waals surface area contributed by atoms with Gasteiger partial charge in [0.05, 0.1) is 18.7 Å². The van der Waals surface area contributed by atoms with E-state index >= 15 is 4.39 Å². The van der Waals surface area contributed by atoms with Crippen LogP contribution in [-0.4, -0.2) is 53.1 Å². The fourth-order valence-electron chi connectivity index (χ4n) is 6.47. The average Bonchev–Trinajstić information content (AvgIpc) is 3.57. The molecule has 5 aromatic rings. The number of halogens is 2. The SMILES string of the molecule is CC1CCN(CCCOc2ccc3c(Oc4ccc(CC(=O)c5c6c(cn(-c7ccc(F)cc7)c5=O)CCO6)cc4F)ccnc3c2)CC1. The van der Waals surface area contributed by atoms with Crippen molar-refractivity contribution in [3.8, 4) is 28.7 Å². The van der Waals surface area contributed by atoms with Gasteiger partial charge in [-0.3, -0.25) is 19.1 Å². The van der Waals surface area contributed by atoms with Crippen molar-refractivity contribution in [1.29, 1.82) is 0 Å². The number of hydrogen-bond acceptors (Lipinski definition) is 7. The van der Waals surface area contributed by atoms with Crippen molar-refractivity contribution >= 4 is 16.7 Å². The largest absolute Gasteiger partial charge is 0.493 e. The molecular formula is C39H37F2N3O5. The first-order chi connectivity index (χ1) is 23.8. The molecule has 0 amide bonds. The van der Waals surface area contributed by atoms with Gasteiger partial charge in [0.15, 0.2) is 17.3 Å². The van der Waals surface area contributed by atoms with Crippen molar-refractivity contribution in [1.82, 2.24) is 14.5 Å². The fourth-order valence-corrected chi connectivity index (χ4v) is 6.47. The van der Waals surface area contributed by atoms with Crippen molar-refractivity contribution in [2.45, 2.75) is 39.0 Å². The number of likely N-dealkylation sites (tertiary alicyclic amines) is 1. The van der Waals surface area contributed by atoms with Gasteiger partial charge in [0.1, 0.15) is 28.6 Å². The summed E-state index contributed by atoms with van der Waals surface area (Å²) in [6.45, 7) is 6.58. The van der Waals surface area contributed by atoms with E-state index in [-0.39, 0.29) is 23.5 Å². The first-order valence-corrected chi connectivity index (χ1v) is 16.7. The lowest BCUT2D eigenvalue weighted by atomic mass is 9.99. The molecule has 7 rings (SSSR count). The molecule has 0 atom stereocenters. The first kappa shape index (κ1) is 32.5. The van der Waals surface area contributed by atoms with E-state index in [1.807, 2.05) is 18.2 Å². The molecule has 0 aliphatic carbocycles. The highest BCUT2D eigenvalue weighted by atomic mass is 19.1. The number of hydrogen-bond donors (Lipinski definition) is 0. The number of Topliss-reactive ketones (excluding diaryl/α,β-unsaturated/α-hetero) is 1. The molecule has 10 heteroatoms. The lowest BCUT2D eigenvalue weighted by Gasteiger charge is -2.30. The summed E-state index contributed by atoms with van der Waals surface area (Å²) in [5, 5.41) is 0.700. The molecule has 0 bridgehead atoms. The molecule has 4 heterocycles. The van der Waals surface area contributed by atoms with Crippen LogP contribution in [0.1, 0.15) is 47.7 Å². The second kappa shape index (κ2) is 14.2. The molecular weight excluding hydrogens is 628 g/mol. The van der Waals surface area contributed by atoms with Crippen LogP contribution in [0.4, 0.5) is 8.78 Å². The third kappa shape index (κ3) is 7.19. The number of ketones is 1. The molecule has 2 aromatic heterocycles. The molecule has 0 N–H and O–H groups in total. The Morgan fingerprint density at radius 3 is 2.61 bits per heavy atom. The molecule has 1 fully saturated rings. The Kier molecular flexibility index (Phi) is 9.39. The van der Waals surface area contributed by atoms with Gasteiger partial charge < -0.3 is 19.1 Å². The third-order valence-corrected chi connectivity index (χ3v) is 9.26. The smallest absolute Gasteiger partial charge is 0.269 e. The standard InChI is InChI=1S/C39H37F2N3O5/c1-25-12-17-43(18-13-25)16-2-19-47-30-8-9-31-33(23-30)42-15-11-35(31)49-36-10-3-26(21-32(36)41)22-34(45)37-38-27(14-20-48-38)24-44(39(37)46)29-6-4-28(40)5-7-29/h3-11,15,21,23-25H,2,12-14,16-20,22H2,1H3. The number of nitrogens with zero attached hydrogens (tertiary/aromatic N) is 3. The van der Waals surface area contributed by atoms with Crippen LogP contribution in [0, 0.1) is 17.6 Å². The zero-order valence-corrected chi connectivity index (χ0v) is 27.3. The van der Waals surface area contributed by atoms with Gasteiger partial charge in [0.2, 0.25) is 0 Å². The lowest BCUT2D eigenvalue weighted by molar-refractivity contribution is 0.0988. The van der Waals surface area contributed by atoms with Crippen LogP contribution in [0.15, 0.2) is 83.9 Å². The van der Waals surface area contributed by atoms with Gasteiger partial charge in [0, 0.05) is 54.5 Å². The summed E-state index contributed by atoms with van der Waals surface area (Å²) in [4.78, 5) is 34.0. The van der Waals surface area contributed by atoms with E-state index in [4.69, 9.17) is 14.2 Å². The summed E-state index contributed by atoms with van der Waals surface area (Å²) in [6, 6.07) is 17.0. The Balaban J connectivity index is 1.03. The van der Waals surface area contributed by atoms with E-state index in [2.05, 4.69) is 16.8 Å². The molecule has 0 radical (unpaired) electrons. The van der Waals surface area contributed by atoms with Crippen LogP contribution < -0.4 is 19.8 Å². The second-order valence-corrected chi connectivity index (χ2v) is 12.8. The van der Waals surface area contributed by atoms with Crippen LogP contribution in [0.2, 0.25) is 0 Å². The molecule has 252 valence electrons. The first-order valence-electron chi connectivity index (χ1n) is 16.7. The number of aromatic nitrogens is 2. The Morgan fingerprint density at radius 1 is 1.00 bits per heavy atom. The van der Waals surface area contributed by atoms with Crippen LogP contribution >= 0.6 is 0 Å². The molecule has 3 aromatic carbocycles. The number of pyridine rings is 2. The van der Waals surface area contributed by atoms with Gasteiger partial charge in [0.25, 0.3) is 5.56 Å². The summed E-state index contributed by atoms with van der Waals surface area (Å²) in [7, 11) is 0. The average molecular weight is 666 g/mol. The Bertz CT molecular complexity index is 2060. The molecule has 1 saturated heterocycles. The molecule has 0 spiro atoms. The highest BCUT2D eigenvalue weighted by Crippen LogP contribution is 2.33. The normalized spacial score (nSPS) is 14.8. The molecule has 2 aliphatic heterocycles. The highest BCUT2D eigenvalue weighted by molar-refractivity contribution is 6.00. The zero-order valence-electron chi connectivity index (χ0n) is 27.3. The van der Waals surface area contributed by atoms with Crippen molar-refractivity contribution in [3.05, 3.63) is 118 Å². The van der Waals surface area contributed by atoms with Crippen LogP contribution in [0.25, 0.3) is 16.6 Å². The summed E-state index contributed by atoms with van der Waals surface area (Å²) in [5.74, 6) is 0.586. The summed E-state index contributed by atoms with van der Waals surface area (Å²) >= 11 is 0. The molecule has 0 unspecified atom stereocenters. The van der Waals surface area contributed by atoms with E-state index in [1.54, 1.807) is 24.5 Å². The summed E-state index contributed by atoms with van der Waals surface area (Å²) in [5.41, 5.74) is 1.47. The quantitative estimate of drug-likeness (QED) is 0.108. The number of fused-ring (bicyclic) bond motifs is 2. The maximum absolute atomic E-state index is 15.4. The van der Waals surface area contributed by atoms with Gasteiger partial charge in [-0.2, -0.15) is 0 Å². The number of carbonyl (C=O) groups is 1. The predicted molar refractivity (Wildman–Crippen MR) is 182 cm³/mol. The van der Waals surface area contributed by atoms with Crippen LogP contribution in [0.5, 0.6) is 23.0 Å². The van der Waals surface area contributed by atoms with E-state index < -0.39 is 23.0 Å². The minimum absolute atomic E-state index is 0.0151. The van der Waals surface area contributed by atoms with Crippen molar-refractivity contribution in [3.63, 3.8) is 0 Å². The van der Waals surface area contributed by atoms with Crippen molar-refractivity contribution in [2.75, 3.05) is 32.8 Å². The van der Waals surface area contributed by atoms with Gasteiger partial charge in [-0.15, -0.1) is 0 Å². The van der Waals surface area contributed by atoms with Crippen LogP contribution in [-0.2, 0) is 12.8 Å². The van der Waals surface area contributed by atoms with Gasteiger partial charge in [-0.05, 0) is 98.4 Å². The lowest BCUT2D eigenvalue weighted by Crippen LogP contribution is -2.34. The molecule has 8 nitrogen and oxygen atoms in total. The Morgan fingerprint density at radius 2 is 1.82 bits per heavy atom. The fraction of sp³-hybridized carbons (Fsp3) is 0.308. The van der Waals surface area contributed by atoms with E-state index in [0.29, 0.717) is 58.9 Å². The second-order valence-electron chi connectivity index (χ2n) is 12.8. The maximum Gasteiger partial charge on any atom is 0.269 e. The summed E-state index contributed by atoms with van der Waals surface area (Å²) < 4.78 is 47.9. The summed E-state index contributed by atoms with van der Waals surface area (Å²) in [6.07, 6.45) is 6.97. The number of rotatable bonds is 11. The third-order valence-electron chi connectivity index (χ3n) is 9.26. The topological polar surface area (TPSA) is 82.9 Å². The molecule has 0 saturated carbocycles. The maximum atomic E-state index is 15.4. The van der Waals surface area contributed by atoms with Crippen LogP contribution in [0.3, 0.4) is 0 Å². The number of ether oxygens (including phenoxy) is 3. The van der Waals surface area contributed by atoms with Crippen molar-refractivity contribution < 1.29 is 27.8 Å².